The topological polar surface area (TPSA) is 117 Å². The number of hydrogen-bond acceptors (Lipinski definition) is 6. The van der Waals surface area contributed by atoms with Crippen molar-refractivity contribution in [1.29, 1.82) is 0 Å². The predicted molar refractivity (Wildman–Crippen MR) is 95.4 cm³/mol. The molecule has 0 bridgehead atoms. The number of sulfonamides is 1. The average molecular weight is 391 g/mol. The second-order valence-electron chi connectivity index (χ2n) is 6.73. The zero-order valence-corrected chi connectivity index (χ0v) is 15.5. The van der Waals surface area contributed by atoms with Crippen LogP contribution in [0.4, 0.5) is 0 Å². The second-order valence-corrected chi connectivity index (χ2v) is 8.50. The normalized spacial score (nSPS) is 19.9. The van der Waals surface area contributed by atoms with Gasteiger partial charge in [0, 0.05) is 26.2 Å². The van der Waals surface area contributed by atoms with Crippen LogP contribution in [0, 0.1) is 0 Å². The molecule has 1 saturated heterocycles. The van der Waals surface area contributed by atoms with Crippen molar-refractivity contribution in [3.05, 3.63) is 41.5 Å². The minimum Gasteiger partial charge on any atom is -0.377 e. The molecule has 9 nitrogen and oxygen atoms in total. The molecule has 0 saturated carbocycles. The van der Waals surface area contributed by atoms with Gasteiger partial charge in [-0.1, -0.05) is 6.07 Å². The van der Waals surface area contributed by atoms with Gasteiger partial charge < -0.3 is 9.64 Å². The van der Waals surface area contributed by atoms with Crippen LogP contribution in [0.25, 0.3) is 0 Å². The summed E-state index contributed by atoms with van der Waals surface area (Å²) in [7, 11) is -3.62. The fourth-order valence-corrected chi connectivity index (χ4v) is 4.54. The van der Waals surface area contributed by atoms with Crippen LogP contribution in [-0.2, 0) is 27.7 Å². The third kappa shape index (κ3) is 3.87. The van der Waals surface area contributed by atoms with Crippen molar-refractivity contribution in [3.8, 4) is 0 Å². The zero-order valence-electron chi connectivity index (χ0n) is 14.7. The number of carbonyl (C=O) groups excluding carboxylic acids is 1. The van der Waals surface area contributed by atoms with Crippen LogP contribution in [0.2, 0.25) is 0 Å². The highest BCUT2D eigenvalue weighted by Crippen LogP contribution is 2.23. The van der Waals surface area contributed by atoms with Gasteiger partial charge in [0.25, 0.3) is 5.91 Å². The van der Waals surface area contributed by atoms with Gasteiger partial charge in [0.05, 0.1) is 11.0 Å². The number of benzene rings is 1. The summed E-state index contributed by atoms with van der Waals surface area (Å²) in [5.41, 5.74) is 1.88. The van der Waals surface area contributed by atoms with Crippen molar-refractivity contribution in [2.24, 2.45) is 0 Å². The summed E-state index contributed by atoms with van der Waals surface area (Å²) < 4.78 is 33.3. The van der Waals surface area contributed by atoms with Gasteiger partial charge in [-0.2, -0.15) is 5.10 Å². The third-order valence-electron chi connectivity index (χ3n) is 4.93. The Bertz CT molecular complexity index is 923. The maximum Gasteiger partial charge on any atom is 0.291 e. The highest BCUT2D eigenvalue weighted by molar-refractivity contribution is 7.89. The van der Waals surface area contributed by atoms with Crippen molar-refractivity contribution in [1.82, 2.24) is 24.8 Å². The molecular formula is C17H21N5O4S. The molecule has 144 valence electrons. The molecule has 2 N–H and O–H groups in total. The van der Waals surface area contributed by atoms with E-state index in [-0.39, 0.29) is 29.3 Å². The highest BCUT2D eigenvalue weighted by Gasteiger charge is 2.26. The van der Waals surface area contributed by atoms with Crippen LogP contribution in [0.1, 0.15) is 34.6 Å². The fraction of sp³-hybridized carbons (Fsp3) is 0.471. The Labute approximate surface area is 157 Å². The Hall–Kier alpha value is -2.30. The lowest BCUT2D eigenvalue weighted by molar-refractivity contribution is 0.0722. The van der Waals surface area contributed by atoms with E-state index >= 15 is 0 Å². The number of H-pyrrole nitrogens is 1. The largest absolute Gasteiger partial charge is 0.377 e. The Morgan fingerprint density at radius 2 is 2.26 bits per heavy atom. The van der Waals surface area contributed by atoms with Gasteiger partial charge in [-0.05, 0) is 42.5 Å². The molecule has 4 rings (SSSR count). The molecule has 2 aromatic rings. The van der Waals surface area contributed by atoms with Crippen LogP contribution in [0.5, 0.6) is 0 Å². The number of carbonyl (C=O) groups is 1. The summed E-state index contributed by atoms with van der Waals surface area (Å²) in [6, 6.07) is 5.09. The molecule has 1 aromatic carbocycles. The maximum absolute atomic E-state index is 12.6. The summed E-state index contributed by atoms with van der Waals surface area (Å²) in [5.74, 6) is -0.0663. The SMILES string of the molecule is O=C(c1ncn[nH]1)N1CCc2ccc(S(=O)(=O)NC[C@H]3CCCO3)cc2C1. The van der Waals surface area contributed by atoms with E-state index in [1.807, 2.05) is 6.07 Å². The molecule has 1 amide bonds. The zero-order chi connectivity index (χ0) is 18.9. The molecule has 1 fully saturated rings. The summed E-state index contributed by atoms with van der Waals surface area (Å²) in [6.07, 6.45) is 3.72. The molecule has 0 unspecified atom stereocenters. The van der Waals surface area contributed by atoms with E-state index in [1.165, 1.54) is 6.33 Å². The fourth-order valence-electron chi connectivity index (χ4n) is 3.42. The van der Waals surface area contributed by atoms with Crippen LogP contribution in [-0.4, -0.2) is 60.2 Å². The van der Waals surface area contributed by atoms with Crippen LogP contribution in [0.3, 0.4) is 0 Å². The first kappa shape index (κ1) is 18.1. The number of amides is 1. The Balaban J connectivity index is 1.49. The minimum atomic E-state index is -3.62. The van der Waals surface area contributed by atoms with Crippen molar-refractivity contribution in [2.45, 2.75) is 36.8 Å². The quantitative estimate of drug-likeness (QED) is 0.765. The Morgan fingerprint density at radius 1 is 1.37 bits per heavy atom. The molecular weight excluding hydrogens is 370 g/mol. The van der Waals surface area contributed by atoms with E-state index in [1.54, 1.807) is 17.0 Å². The van der Waals surface area contributed by atoms with E-state index < -0.39 is 10.0 Å². The van der Waals surface area contributed by atoms with Crippen molar-refractivity contribution in [3.63, 3.8) is 0 Å². The molecule has 10 heteroatoms. The van der Waals surface area contributed by atoms with Crippen molar-refractivity contribution >= 4 is 15.9 Å². The molecule has 0 radical (unpaired) electrons. The summed E-state index contributed by atoms with van der Waals surface area (Å²) in [4.78, 5) is 18.2. The van der Waals surface area contributed by atoms with E-state index in [4.69, 9.17) is 4.74 Å². The van der Waals surface area contributed by atoms with E-state index in [2.05, 4.69) is 19.9 Å². The molecule has 1 atom stereocenters. The number of rotatable bonds is 5. The summed E-state index contributed by atoms with van der Waals surface area (Å²) in [6.45, 7) is 1.84. The van der Waals surface area contributed by atoms with Crippen molar-refractivity contribution < 1.29 is 17.9 Å². The van der Waals surface area contributed by atoms with Crippen molar-refractivity contribution in [2.75, 3.05) is 19.7 Å². The summed E-state index contributed by atoms with van der Waals surface area (Å²) >= 11 is 0. The molecule has 2 aliphatic rings. The van der Waals surface area contributed by atoms with E-state index in [0.717, 1.165) is 24.0 Å². The number of fused-ring (bicyclic) bond motifs is 1. The molecule has 0 aliphatic carbocycles. The molecule has 27 heavy (non-hydrogen) atoms. The first-order chi connectivity index (χ1) is 13.0. The monoisotopic (exact) mass is 391 g/mol. The Kier molecular flexibility index (Phi) is 4.94. The second kappa shape index (κ2) is 7.37. The van der Waals surface area contributed by atoms with Gasteiger partial charge in [0.2, 0.25) is 15.8 Å². The highest BCUT2D eigenvalue weighted by atomic mass is 32.2. The smallest absolute Gasteiger partial charge is 0.291 e. The lowest BCUT2D eigenvalue weighted by Gasteiger charge is -2.28. The standard InChI is InChI=1S/C17H21N5O4S/c23-17(16-18-11-19-21-16)22-6-5-12-3-4-15(8-13(12)10-22)27(24,25)20-9-14-2-1-7-26-14/h3-4,8,11,14,20H,1-2,5-7,9-10H2,(H,18,19,21)/t14-/m1/s1. The number of aromatic nitrogens is 3. The average Bonchev–Trinajstić information content (AvgIpc) is 3.38. The summed E-state index contributed by atoms with van der Waals surface area (Å²) in [5, 5.41) is 6.27. The lowest BCUT2D eigenvalue weighted by Crippen LogP contribution is -2.37. The molecule has 3 heterocycles. The first-order valence-corrected chi connectivity index (χ1v) is 10.4. The first-order valence-electron chi connectivity index (χ1n) is 8.90. The molecule has 1 aromatic heterocycles. The molecule has 0 spiro atoms. The van der Waals surface area contributed by atoms with Gasteiger partial charge >= 0.3 is 0 Å². The van der Waals surface area contributed by atoms with Gasteiger partial charge in [0.1, 0.15) is 6.33 Å². The van der Waals surface area contributed by atoms with Gasteiger partial charge in [0.15, 0.2) is 0 Å². The number of hydrogen-bond donors (Lipinski definition) is 2. The van der Waals surface area contributed by atoms with E-state index in [0.29, 0.717) is 26.1 Å². The van der Waals surface area contributed by atoms with Gasteiger partial charge in [-0.25, -0.2) is 18.1 Å². The lowest BCUT2D eigenvalue weighted by atomic mass is 10.00. The molecule has 2 aliphatic heterocycles. The predicted octanol–water partition coefficient (Wildman–Crippen LogP) is 0.461. The number of nitrogens with zero attached hydrogens (tertiary/aromatic N) is 3. The number of aromatic amines is 1. The number of ether oxygens (including phenoxy) is 1. The minimum absolute atomic E-state index is 0.0626. The number of nitrogens with one attached hydrogen (secondary N) is 2. The van der Waals surface area contributed by atoms with Crippen LogP contribution < -0.4 is 4.72 Å². The van der Waals surface area contributed by atoms with E-state index in [9.17, 15) is 13.2 Å². The maximum atomic E-state index is 12.6. The Morgan fingerprint density at radius 3 is 3.00 bits per heavy atom. The van der Waals surface area contributed by atoms with Crippen LogP contribution >= 0.6 is 0 Å². The van der Waals surface area contributed by atoms with Gasteiger partial charge in [-0.3, -0.25) is 9.89 Å². The third-order valence-corrected chi connectivity index (χ3v) is 6.35. The van der Waals surface area contributed by atoms with Gasteiger partial charge in [-0.15, -0.1) is 0 Å². The van der Waals surface area contributed by atoms with Crippen LogP contribution in [0.15, 0.2) is 29.4 Å².